The van der Waals surface area contributed by atoms with Gasteiger partial charge < -0.3 is 19.4 Å². The molecular formula is C17H28N2O4. The Morgan fingerprint density at radius 2 is 2.00 bits per heavy atom. The highest BCUT2D eigenvalue weighted by Gasteiger charge is 2.29. The van der Waals surface area contributed by atoms with Crippen molar-refractivity contribution in [2.75, 3.05) is 45.9 Å². The average molecular weight is 324 g/mol. The number of aliphatic hydroxyl groups is 2. The van der Waals surface area contributed by atoms with Gasteiger partial charge in [0.2, 0.25) is 0 Å². The molecule has 2 aliphatic rings. The van der Waals surface area contributed by atoms with Crippen LogP contribution in [0.2, 0.25) is 0 Å². The predicted molar refractivity (Wildman–Crippen MR) is 86.1 cm³/mol. The van der Waals surface area contributed by atoms with Crippen LogP contribution in [0.4, 0.5) is 0 Å². The van der Waals surface area contributed by atoms with E-state index in [0.717, 1.165) is 45.7 Å². The van der Waals surface area contributed by atoms with Crippen LogP contribution in [0, 0.1) is 0 Å². The van der Waals surface area contributed by atoms with Gasteiger partial charge in [-0.05, 0) is 37.9 Å². The van der Waals surface area contributed by atoms with E-state index in [1.54, 1.807) is 12.3 Å². The number of hydrogen-bond donors (Lipinski definition) is 2. The molecule has 2 aliphatic heterocycles. The first kappa shape index (κ1) is 16.9. The lowest BCUT2D eigenvalue weighted by molar-refractivity contribution is 0.00349. The summed E-state index contributed by atoms with van der Waals surface area (Å²) in [5, 5.41) is 20.7. The largest absolute Gasteiger partial charge is 0.467 e. The van der Waals surface area contributed by atoms with Crippen molar-refractivity contribution in [1.82, 2.24) is 9.80 Å². The van der Waals surface area contributed by atoms with E-state index in [2.05, 4.69) is 9.80 Å². The molecule has 3 unspecified atom stereocenters. The van der Waals surface area contributed by atoms with Crippen molar-refractivity contribution in [3.8, 4) is 0 Å². The lowest BCUT2D eigenvalue weighted by atomic mass is 10.0. The zero-order valence-electron chi connectivity index (χ0n) is 13.6. The van der Waals surface area contributed by atoms with Gasteiger partial charge in [-0.15, -0.1) is 0 Å². The Kier molecular flexibility index (Phi) is 6.08. The quantitative estimate of drug-likeness (QED) is 0.775. The fourth-order valence-electron chi connectivity index (χ4n) is 3.67. The Labute approximate surface area is 137 Å². The zero-order chi connectivity index (χ0) is 16.1. The first-order valence-corrected chi connectivity index (χ1v) is 8.66. The molecule has 6 nitrogen and oxygen atoms in total. The number of ether oxygens (including phenoxy) is 1. The maximum Gasteiger partial charge on any atom is 0.132 e. The number of β-amino-alcohol motifs (C(OH)–C–C–N with tert-alkyl or cyclic N) is 1. The molecule has 0 aromatic carbocycles. The minimum atomic E-state index is -0.563. The Bertz CT molecular complexity index is 447. The van der Waals surface area contributed by atoms with E-state index >= 15 is 0 Å². The van der Waals surface area contributed by atoms with Gasteiger partial charge in [0.25, 0.3) is 0 Å². The lowest BCUT2D eigenvalue weighted by Crippen LogP contribution is -2.45. The van der Waals surface area contributed by atoms with E-state index < -0.39 is 6.10 Å². The third kappa shape index (κ3) is 4.78. The molecule has 6 heteroatoms. The molecule has 3 heterocycles. The number of likely N-dealkylation sites (tertiary alicyclic amines) is 1. The number of furan rings is 1. The molecule has 3 atom stereocenters. The molecule has 2 N–H and O–H groups in total. The number of morpholine rings is 1. The molecule has 0 amide bonds. The van der Waals surface area contributed by atoms with Crippen molar-refractivity contribution < 1.29 is 19.4 Å². The second-order valence-corrected chi connectivity index (χ2v) is 6.62. The second-order valence-electron chi connectivity index (χ2n) is 6.62. The van der Waals surface area contributed by atoms with E-state index in [-0.39, 0.29) is 6.10 Å². The Balaban J connectivity index is 1.46. The van der Waals surface area contributed by atoms with Gasteiger partial charge in [-0.1, -0.05) is 0 Å². The van der Waals surface area contributed by atoms with Gasteiger partial charge in [-0.3, -0.25) is 9.80 Å². The maximum absolute atomic E-state index is 10.4. The fraction of sp³-hybridized carbons (Fsp3) is 0.765. The summed E-state index contributed by atoms with van der Waals surface area (Å²) in [6.07, 6.45) is 3.54. The lowest BCUT2D eigenvalue weighted by Gasteiger charge is -2.32. The SMILES string of the molecule is OC(CN1CCOCC1)CN1CCCC1CC(O)c1ccco1. The number of rotatable bonds is 7. The van der Waals surface area contributed by atoms with Crippen LogP contribution in [0.3, 0.4) is 0 Å². The zero-order valence-corrected chi connectivity index (χ0v) is 13.6. The molecule has 0 saturated carbocycles. The third-order valence-corrected chi connectivity index (χ3v) is 4.88. The van der Waals surface area contributed by atoms with Crippen LogP contribution in [-0.4, -0.2) is 78.1 Å². The highest BCUT2D eigenvalue weighted by Crippen LogP contribution is 2.27. The van der Waals surface area contributed by atoms with Crippen LogP contribution in [0.15, 0.2) is 22.8 Å². The van der Waals surface area contributed by atoms with Crippen molar-refractivity contribution >= 4 is 0 Å². The first-order valence-electron chi connectivity index (χ1n) is 8.66. The van der Waals surface area contributed by atoms with E-state index in [1.807, 2.05) is 6.07 Å². The first-order chi connectivity index (χ1) is 11.2. The molecule has 2 saturated heterocycles. The summed E-state index contributed by atoms with van der Waals surface area (Å²) in [4.78, 5) is 4.58. The Morgan fingerprint density at radius 3 is 2.74 bits per heavy atom. The van der Waals surface area contributed by atoms with Crippen molar-refractivity contribution in [1.29, 1.82) is 0 Å². The molecule has 0 radical (unpaired) electrons. The van der Waals surface area contributed by atoms with Crippen LogP contribution < -0.4 is 0 Å². The molecular weight excluding hydrogens is 296 g/mol. The Morgan fingerprint density at radius 1 is 1.17 bits per heavy atom. The van der Waals surface area contributed by atoms with E-state index in [4.69, 9.17) is 9.15 Å². The van der Waals surface area contributed by atoms with Crippen molar-refractivity contribution in [3.05, 3.63) is 24.2 Å². The normalized spacial score (nSPS) is 26.4. The van der Waals surface area contributed by atoms with E-state index in [1.165, 1.54) is 0 Å². The molecule has 130 valence electrons. The molecule has 1 aromatic rings. The molecule has 0 bridgehead atoms. The second kappa shape index (κ2) is 8.26. The highest BCUT2D eigenvalue weighted by molar-refractivity contribution is 5.02. The van der Waals surface area contributed by atoms with Gasteiger partial charge in [0.05, 0.1) is 25.6 Å². The maximum atomic E-state index is 10.4. The van der Waals surface area contributed by atoms with E-state index in [0.29, 0.717) is 31.3 Å². The Hall–Kier alpha value is -0.920. The molecule has 1 aromatic heterocycles. The number of nitrogens with zero attached hydrogens (tertiary/aromatic N) is 2. The smallest absolute Gasteiger partial charge is 0.132 e. The fourth-order valence-corrected chi connectivity index (χ4v) is 3.67. The number of aliphatic hydroxyl groups excluding tert-OH is 2. The third-order valence-electron chi connectivity index (χ3n) is 4.88. The van der Waals surface area contributed by atoms with Gasteiger partial charge in [0.15, 0.2) is 0 Å². The summed E-state index contributed by atoms with van der Waals surface area (Å²) in [6, 6.07) is 3.93. The van der Waals surface area contributed by atoms with E-state index in [9.17, 15) is 10.2 Å². The van der Waals surface area contributed by atoms with Crippen molar-refractivity contribution in [2.45, 2.75) is 37.5 Å². The molecule has 23 heavy (non-hydrogen) atoms. The van der Waals surface area contributed by atoms with Crippen LogP contribution in [0.1, 0.15) is 31.1 Å². The van der Waals surface area contributed by atoms with Gasteiger partial charge in [-0.2, -0.15) is 0 Å². The van der Waals surface area contributed by atoms with Gasteiger partial charge >= 0.3 is 0 Å². The standard InChI is InChI=1S/C17H28N2O4/c20-15(12-18-6-9-22-10-7-18)13-19-5-1-3-14(19)11-16(21)17-4-2-8-23-17/h2,4,8,14-16,20-21H,1,3,5-7,9-13H2. The van der Waals surface area contributed by atoms with Gasteiger partial charge in [0.1, 0.15) is 11.9 Å². The summed E-state index contributed by atoms with van der Waals surface area (Å²) in [5.41, 5.74) is 0. The van der Waals surface area contributed by atoms with Crippen LogP contribution >= 0.6 is 0 Å². The summed E-state index contributed by atoms with van der Waals surface area (Å²) in [7, 11) is 0. The topological polar surface area (TPSA) is 69.3 Å². The summed E-state index contributed by atoms with van der Waals surface area (Å²) < 4.78 is 10.6. The van der Waals surface area contributed by atoms with Crippen molar-refractivity contribution in [3.63, 3.8) is 0 Å². The van der Waals surface area contributed by atoms with Crippen LogP contribution in [-0.2, 0) is 4.74 Å². The summed E-state index contributed by atoms with van der Waals surface area (Å²) in [5.74, 6) is 0.630. The minimum absolute atomic E-state index is 0.314. The highest BCUT2D eigenvalue weighted by atomic mass is 16.5. The van der Waals surface area contributed by atoms with Crippen LogP contribution in [0.25, 0.3) is 0 Å². The average Bonchev–Trinajstić information content (AvgIpc) is 3.21. The summed E-state index contributed by atoms with van der Waals surface area (Å²) in [6.45, 7) is 5.69. The van der Waals surface area contributed by atoms with Crippen LogP contribution in [0.5, 0.6) is 0 Å². The molecule has 0 aliphatic carbocycles. The monoisotopic (exact) mass is 324 g/mol. The molecule has 0 spiro atoms. The summed E-state index contributed by atoms with van der Waals surface area (Å²) >= 11 is 0. The molecule has 2 fully saturated rings. The van der Waals surface area contributed by atoms with Gasteiger partial charge in [-0.25, -0.2) is 0 Å². The van der Waals surface area contributed by atoms with Crippen molar-refractivity contribution in [2.24, 2.45) is 0 Å². The predicted octanol–water partition coefficient (Wildman–Crippen LogP) is 0.861. The van der Waals surface area contributed by atoms with Gasteiger partial charge in [0, 0.05) is 32.2 Å². The molecule has 3 rings (SSSR count). The number of hydrogen-bond acceptors (Lipinski definition) is 6. The minimum Gasteiger partial charge on any atom is -0.467 e.